The Morgan fingerprint density at radius 1 is 1.43 bits per heavy atom. The van der Waals surface area contributed by atoms with Crippen LogP contribution in [0.1, 0.15) is 32.5 Å². The Morgan fingerprint density at radius 3 is 2.86 bits per heavy atom. The van der Waals surface area contributed by atoms with Crippen LogP contribution in [0.25, 0.3) is 10.9 Å². The van der Waals surface area contributed by atoms with Gasteiger partial charge in [0.2, 0.25) is 0 Å². The van der Waals surface area contributed by atoms with Crippen molar-refractivity contribution in [3.8, 4) is 0 Å². The molecule has 0 bridgehead atoms. The summed E-state index contributed by atoms with van der Waals surface area (Å²) in [5.74, 6) is 0. The van der Waals surface area contributed by atoms with Gasteiger partial charge in [0.25, 0.3) is 0 Å². The first-order valence-electron chi connectivity index (χ1n) is 5.05. The van der Waals surface area contributed by atoms with Gasteiger partial charge in [-0.05, 0) is 26.3 Å². The van der Waals surface area contributed by atoms with Crippen molar-refractivity contribution in [1.82, 2.24) is 14.8 Å². The summed E-state index contributed by atoms with van der Waals surface area (Å²) in [5, 5.41) is 5.68. The lowest BCUT2D eigenvalue weighted by Crippen LogP contribution is -1.99. The Balaban J connectivity index is 2.64. The quantitative estimate of drug-likeness (QED) is 0.727. The molecule has 14 heavy (non-hydrogen) atoms. The average molecular weight is 189 g/mol. The van der Waals surface area contributed by atoms with Crippen LogP contribution in [-0.4, -0.2) is 14.8 Å². The monoisotopic (exact) mass is 189 g/mol. The normalized spacial score (nSPS) is 11.4. The summed E-state index contributed by atoms with van der Waals surface area (Å²) in [6.45, 7) is 6.38. The van der Waals surface area contributed by atoms with E-state index >= 15 is 0 Å². The van der Waals surface area contributed by atoms with Crippen molar-refractivity contribution in [2.24, 2.45) is 0 Å². The summed E-state index contributed by atoms with van der Waals surface area (Å²) in [6.07, 6.45) is 4.88. The van der Waals surface area contributed by atoms with Gasteiger partial charge in [-0.1, -0.05) is 6.92 Å². The highest BCUT2D eigenvalue weighted by molar-refractivity contribution is 5.80. The molecule has 0 aromatic carbocycles. The zero-order chi connectivity index (χ0) is 10.1. The second kappa shape index (κ2) is 3.40. The first-order chi connectivity index (χ1) is 6.72. The molecule has 0 atom stereocenters. The molecule has 2 aromatic heterocycles. The third-order valence-electron chi connectivity index (χ3n) is 2.40. The molecule has 3 heteroatoms. The van der Waals surface area contributed by atoms with Crippen LogP contribution in [0.15, 0.2) is 18.5 Å². The van der Waals surface area contributed by atoms with Crippen molar-refractivity contribution >= 4 is 10.9 Å². The van der Waals surface area contributed by atoms with Crippen LogP contribution < -0.4 is 0 Å². The van der Waals surface area contributed by atoms with Gasteiger partial charge in [0, 0.05) is 23.8 Å². The summed E-state index contributed by atoms with van der Waals surface area (Å²) in [5.41, 5.74) is 2.18. The fourth-order valence-corrected chi connectivity index (χ4v) is 1.56. The SMILES string of the molecule is CCc1nccc2nn(C(C)C)cc12. The first-order valence-corrected chi connectivity index (χ1v) is 5.05. The fourth-order valence-electron chi connectivity index (χ4n) is 1.56. The van der Waals surface area contributed by atoms with E-state index in [-0.39, 0.29) is 0 Å². The number of aryl methyl sites for hydroxylation is 1. The summed E-state index contributed by atoms with van der Waals surface area (Å²) < 4.78 is 1.99. The maximum absolute atomic E-state index is 4.50. The molecule has 3 nitrogen and oxygen atoms in total. The van der Waals surface area contributed by atoms with Gasteiger partial charge in [0.05, 0.1) is 11.2 Å². The van der Waals surface area contributed by atoms with Crippen molar-refractivity contribution in [1.29, 1.82) is 0 Å². The van der Waals surface area contributed by atoms with Crippen molar-refractivity contribution in [3.63, 3.8) is 0 Å². The molecule has 0 N–H and O–H groups in total. The minimum absolute atomic E-state index is 0.409. The zero-order valence-corrected chi connectivity index (χ0v) is 8.86. The maximum Gasteiger partial charge on any atom is 0.0957 e. The number of pyridine rings is 1. The highest BCUT2D eigenvalue weighted by Crippen LogP contribution is 2.17. The van der Waals surface area contributed by atoms with E-state index in [1.807, 2.05) is 16.9 Å². The Kier molecular flexibility index (Phi) is 2.23. The van der Waals surface area contributed by atoms with Gasteiger partial charge in [0.1, 0.15) is 0 Å². The van der Waals surface area contributed by atoms with Crippen molar-refractivity contribution in [3.05, 3.63) is 24.2 Å². The van der Waals surface area contributed by atoms with Crippen molar-refractivity contribution < 1.29 is 0 Å². The number of hydrogen-bond donors (Lipinski definition) is 0. The predicted octanol–water partition coefficient (Wildman–Crippen LogP) is 2.57. The van der Waals surface area contributed by atoms with Crippen LogP contribution in [0.3, 0.4) is 0 Å². The molecular weight excluding hydrogens is 174 g/mol. The molecule has 0 unspecified atom stereocenters. The van der Waals surface area contributed by atoms with Crippen LogP contribution in [0.5, 0.6) is 0 Å². The van der Waals surface area contributed by atoms with Crippen LogP contribution in [0.2, 0.25) is 0 Å². The minimum atomic E-state index is 0.409. The molecule has 0 aliphatic rings. The van der Waals surface area contributed by atoms with Gasteiger partial charge < -0.3 is 0 Å². The number of aromatic nitrogens is 3. The molecule has 0 amide bonds. The lowest BCUT2D eigenvalue weighted by atomic mass is 10.2. The van der Waals surface area contributed by atoms with Gasteiger partial charge in [-0.3, -0.25) is 9.67 Å². The van der Waals surface area contributed by atoms with Crippen LogP contribution in [-0.2, 0) is 6.42 Å². The van der Waals surface area contributed by atoms with Gasteiger partial charge in [0.15, 0.2) is 0 Å². The summed E-state index contributed by atoms with van der Waals surface area (Å²) in [4.78, 5) is 4.34. The van der Waals surface area contributed by atoms with Gasteiger partial charge in [-0.15, -0.1) is 0 Å². The first kappa shape index (κ1) is 9.19. The molecule has 0 spiro atoms. The maximum atomic E-state index is 4.50. The van der Waals surface area contributed by atoms with Crippen molar-refractivity contribution in [2.75, 3.05) is 0 Å². The molecule has 2 heterocycles. The number of rotatable bonds is 2. The molecule has 2 rings (SSSR count). The highest BCUT2D eigenvalue weighted by atomic mass is 15.3. The molecule has 0 saturated heterocycles. The van der Waals surface area contributed by atoms with E-state index < -0.39 is 0 Å². The van der Waals surface area contributed by atoms with Gasteiger partial charge >= 0.3 is 0 Å². The summed E-state index contributed by atoms with van der Waals surface area (Å²) >= 11 is 0. The van der Waals surface area contributed by atoms with Crippen LogP contribution in [0.4, 0.5) is 0 Å². The fraction of sp³-hybridized carbons (Fsp3) is 0.455. The van der Waals surface area contributed by atoms with E-state index in [9.17, 15) is 0 Å². The molecular formula is C11H15N3. The van der Waals surface area contributed by atoms with Gasteiger partial charge in [-0.2, -0.15) is 5.10 Å². The van der Waals surface area contributed by atoms with E-state index in [4.69, 9.17) is 0 Å². The largest absolute Gasteiger partial charge is 0.269 e. The van der Waals surface area contributed by atoms with E-state index in [1.54, 1.807) is 0 Å². The second-order valence-electron chi connectivity index (χ2n) is 3.75. The van der Waals surface area contributed by atoms with E-state index in [1.165, 1.54) is 5.39 Å². The molecule has 0 aliphatic carbocycles. The predicted molar refractivity (Wildman–Crippen MR) is 57.3 cm³/mol. The van der Waals surface area contributed by atoms with E-state index in [0.29, 0.717) is 6.04 Å². The van der Waals surface area contributed by atoms with Gasteiger partial charge in [-0.25, -0.2) is 0 Å². The average Bonchev–Trinajstić information content (AvgIpc) is 2.60. The molecule has 0 fully saturated rings. The van der Waals surface area contributed by atoms with Crippen LogP contribution in [0, 0.1) is 0 Å². The molecule has 74 valence electrons. The molecule has 0 aliphatic heterocycles. The lowest BCUT2D eigenvalue weighted by Gasteiger charge is -2.02. The van der Waals surface area contributed by atoms with Crippen LogP contribution >= 0.6 is 0 Å². The Hall–Kier alpha value is -1.38. The van der Waals surface area contributed by atoms with Crippen molar-refractivity contribution in [2.45, 2.75) is 33.2 Å². The minimum Gasteiger partial charge on any atom is -0.269 e. The molecule has 2 aromatic rings. The topological polar surface area (TPSA) is 30.7 Å². The Bertz CT molecular complexity index is 443. The Morgan fingerprint density at radius 2 is 2.21 bits per heavy atom. The van der Waals surface area contributed by atoms with E-state index in [0.717, 1.165) is 17.6 Å². The smallest absolute Gasteiger partial charge is 0.0957 e. The molecule has 0 saturated carbocycles. The zero-order valence-electron chi connectivity index (χ0n) is 8.86. The highest BCUT2D eigenvalue weighted by Gasteiger charge is 2.06. The molecule has 0 radical (unpaired) electrons. The number of hydrogen-bond acceptors (Lipinski definition) is 2. The lowest BCUT2D eigenvalue weighted by molar-refractivity contribution is 0.537. The van der Waals surface area contributed by atoms with E-state index in [2.05, 4.69) is 37.1 Å². The second-order valence-corrected chi connectivity index (χ2v) is 3.75. The number of nitrogens with zero attached hydrogens (tertiary/aromatic N) is 3. The third kappa shape index (κ3) is 1.39. The summed E-state index contributed by atoms with van der Waals surface area (Å²) in [6, 6.07) is 2.38. The standard InChI is InChI=1S/C11H15N3/c1-4-10-9-7-14(8(2)3)13-11(9)5-6-12-10/h5-8H,4H2,1-3H3. The number of fused-ring (bicyclic) bond motifs is 1. The summed E-state index contributed by atoms with van der Waals surface area (Å²) in [7, 11) is 0. The Labute approximate surface area is 83.8 Å². The third-order valence-corrected chi connectivity index (χ3v) is 2.40.